The van der Waals surface area contributed by atoms with Crippen LogP contribution in [0.5, 0.6) is 0 Å². The average molecular weight is 278 g/mol. The number of para-hydroxylation sites is 1. The van der Waals surface area contributed by atoms with Gasteiger partial charge in [0.2, 0.25) is 5.28 Å². The number of hydrogen-bond acceptors (Lipinski definition) is 3. The zero-order valence-corrected chi connectivity index (χ0v) is 11.6. The second kappa shape index (κ2) is 4.94. The quantitative estimate of drug-likeness (QED) is 0.856. The maximum absolute atomic E-state index is 12.5. The molecule has 3 rings (SSSR count). The number of fused-ring (bicyclic) bond motifs is 1. The molecule has 1 fully saturated rings. The Morgan fingerprint density at radius 2 is 2.37 bits per heavy atom. The van der Waals surface area contributed by atoms with Crippen molar-refractivity contribution < 1.29 is 0 Å². The van der Waals surface area contributed by atoms with Crippen LogP contribution in [0.1, 0.15) is 18.4 Å². The lowest BCUT2D eigenvalue weighted by molar-refractivity contribution is 0.498. The molecule has 1 atom stereocenters. The summed E-state index contributed by atoms with van der Waals surface area (Å²) in [5.41, 5.74) is 1.63. The number of rotatable bonds is 2. The topological polar surface area (TPSA) is 46.9 Å². The molecule has 2 aromatic rings. The van der Waals surface area contributed by atoms with E-state index in [1.165, 1.54) is 0 Å². The van der Waals surface area contributed by atoms with Gasteiger partial charge in [-0.2, -0.15) is 0 Å². The maximum Gasteiger partial charge on any atom is 0.262 e. The van der Waals surface area contributed by atoms with Crippen LogP contribution in [-0.4, -0.2) is 22.1 Å². The molecule has 0 bridgehead atoms. The molecule has 1 aliphatic rings. The van der Waals surface area contributed by atoms with Gasteiger partial charge in [0.1, 0.15) is 0 Å². The summed E-state index contributed by atoms with van der Waals surface area (Å²) in [5.74, 6) is 0. The van der Waals surface area contributed by atoms with Crippen molar-refractivity contribution in [3.63, 3.8) is 0 Å². The molecule has 0 spiro atoms. The van der Waals surface area contributed by atoms with Crippen LogP contribution < -0.4 is 10.9 Å². The molecular weight excluding hydrogens is 262 g/mol. The van der Waals surface area contributed by atoms with E-state index < -0.39 is 0 Å². The minimum absolute atomic E-state index is 0.0487. The molecule has 0 saturated carbocycles. The van der Waals surface area contributed by atoms with Gasteiger partial charge in [-0.25, -0.2) is 4.98 Å². The molecule has 1 N–H and O–H groups in total. The summed E-state index contributed by atoms with van der Waals surface area (Å²) >= 11 is 6.18. The number of halogens is 1. The Morgan fingerprint density at radius 1 is 1.53 bits per heavy atom. The van der Waals surface area contributed by atoms with Crippen LogP contribution in [-0.2, 0) is 6.54 Å². The van der Waals surface area contributed by atoms with Crippen molar-refractivity contribution in [2.75, 3.05) is 6.54 Å². The predicted molar refractivity (Wildman–Crippen MR) is 76.8 cm³/mol. The van der Waals surface area contributed by atoms with Crippen molar-refractivity contribution in [1.29, 1.82) is 0 Å². The largest absolute Gasteiger partial charge is 0.312 e. The van der Waals surface area contributed by atoms with Gasteiger partial charge >= 0.3 is 0 Å². The predicted octanol–water partition coefficient (Wildman–Crippen LogP) is 2.11. The van der Waals surface area contributed by atoms with Crippen molar-refractivity contribution in [3.05, 3.63) is 39.4 Å². The molecule has 19 heavy (non-hydrogen) atoms. The van der Waals surface area contributed by atoms with Crippen LogP contribution in [0.4, 0.5) is 0 Å². The van der Waals surface area contributed by atoms with Crippen LogP contribution in [0.2, 0.25) is 5.28 Å². The van der Waals surface area contributed by atoms with Gasteiger partial charge in [-0.15, -0.1) is 0 Å². The first-order valence-corrected chi connectivity index (χ1v) is 6.93. The van der Waals surface area contributed by atoms with Gasteiger partial charge in [-0.05, 0) is 49.5 Å². The van der Waals surface area contributed by atoms with E-state index in [9.17, 15) is 4.79 Å². The number of hydrogen-bond donors (Lipinski definition) is 1. The summed E-state index contributed by atoms with van der Waals surface area (Å²) in [4.78, 5) is 16.9. The van der Waals surface area contributed by atoms with Gasteiger partial charge in [-0.3, -0.25) is 9.36 Å². The molecule has 1 aliphatic heterocycles. The zero-order chi connectivity index (χ0) is 13.4. The van der Waals surface area contributed by atoms with Gasteiger partial charge in [0.15, 0.2) is 0 Å². The van der Waals surface area contributed by atoms with Crippen LogP contribution >= 0.6 is 11.6 Å². The van der Waals surface area contributed by atoms with E-state index in [4.69, 9.17) is 11.6 Å². The van der Waals surface area contributed by atoms with Crippen molar-refractivity contribution in [2.24, 2.45) is 0 Å². The van der Waals surface area contributed by atoms with E-state index >= 15 is 0 Å². The SMILES string of the molecule is Cc1cccc2c(=O)n(CC3CCCN3)c(Cl)nc12. The standard InChI is InChI=1S/C14H16ClN3O/c1-9-4-2-6-11-12(9)17-14(15)18(13(11)19)8-10-5-3-7-16-10/h2,4,6,10,16H,3,5,7-8H2,1H3. The lowest BCUT2D eigenvalue weighted by atomic mass is 10.1. The monoisotopic (exact) mass is 277 g/mol. The third-order valence-corrected chi connectivity index (χ3v) is 3.99. The summed E-state index contributed by atoms with van der Waals surface area (Å²) < 4.78 is 1.58. The summed E-state index contributed by atoms with van der Waals surface area (Å²) in [7, 11) is 0. The normalized spacial score (nSPS) is 19.2. The number of aryl methyl sites for hydroxylation is 1. The lowest BCUT2D eigenvalue weighted by Crippen LogP contribution is -2.33. The van der Waals surface area contributed by atoms with E-state index in [2.05, 4.69) is 10.3 Å². The Bertz CT molecular complexity index is 674. The van der Waals surface area contributed by atoms with Crippen molar-refractivity contribution in [1.82, 2.24) is 14.9 Å². The van der Waals surface area contributed by atoms with E-state index in [0.717, 1.165) is 24.9 Å². The van der Waals surface area contributed by atoms with Crippen molar-refractivity contribution in [2.45, 2.75) is 32.4 Å². The lowest BCUT2D eigenvalue weighted by Gasteiger charge is -2.14. The van der Waals surface area contributed by atoms with Crippen LogP contribution in [0.3, 0.4) is 0 Å². The van der Waals surface area contributed by atoms with E-state index in [-0.39, 0.29) is 10.8 Å². The Morgan fingerprint density at radius 3 is 3.11 bits per heavy atom. The van der Waals surface area contributed by atoms with Crippen LogP contribution in [0, 0.1) is 6.92 Å². The molecule has 0 radical (unpaired) electrons. The van der Waals surface area contributed by atoms with Crippen LogP contribution in [0.25, 0.3) is 10.9 Å². The summed E-state index contributed by atoms with van der Waals surface area (Å²) in [5, 5.41) is 4.29. The summed E-state index contributed by atoms with van der Waals surface area (Å²) in [6, 6.07) is 5.95. The van der Waals surface area contributed by atoms with Gasteiger partial charge in [0.05, 0.1) is 10.9 Å². The third-order valence-electron chi connectivity index (χ3n) is 3.71. The fraction of sp³-hybridized carbons (Fsp3) is 0.429. The average Bonchev–Trinajstić information content (AvgIpc) is 2.89. The van der Waals surface area contributed by atoms with Gasteiger partial charge < -0.3 is 5.32 Å². The van der Waals surface area contributed by atoms with E-state index in [1.807, 2.05) is 25.1 Å². The maximum atomic E-state index is 12.5. The number of nitrogens with zero attached hydrogens (tertiary/aromatic N) is 2. The molecule has 5 heteroatoms. The molecule has 0 aliphatic carbocycles. The number of nitrogens with one attached hydrogen (secondary N) is 1. The van der Waals surface area contributed by atoms with Gasteiger partial charge in [0, 0.05) is 12.6 Å². The molecule has 1 aromatic carbocycles. The zero-order valence-electron chi connectivity index (χ0n) is 10.8. The summed E-state index contributed by atoms with van der Waals surface area (Å²) in [6.07, 6.45) is 2.23. The van der Waals surface area contributed by atoms with E-state index in [1.54, 1.807) is 4.57 Å². The highest BCUT2D eigenvalue weighted by Crippen LogP contribution is 2.16. The Labute approximate surface area is 116 Å². The Hall–Kier alpha value is -1.39. The highest BCUT2D eigenvalue weighted by atomic mass is 35.5. The van der Waals surface area contributed by atoms with Crippen molar-refractivity contribution in [3.8, 4) is 0 Å². The van der Waals surface area contributed by atoms with Crippen molar-refractivity contribution >= 4 is 22.5 Å². The molecule has 4 nitrogen and oxygen atoms in total. The number of aromatic nitrogens is 2. The molecule has 2 heterocycles. The van der Waals surface area contributed by atoms with Crippen LogP contribution in [0.15, 0.2) is 23.0 Å². The van der Waals surface area contributed by atoms with Gasteiger partial charge in [-0.1, -0.05) is 12.1 Å². The minimum atomic E-state index is -0.0487. The van der Waals surface area contributed by atoms with Gasteiger partial charge in [0.25, 0.3) is 5.56 Å². The first kappa shape index (κ1) is 12.6. The molecule has 1 saturated heterocycles. The first-order chi connectivity index (χ1) is 9.16. The minimum Gasteiger partial charge on any atom is -0.312 e. The summed E-state index contributed by atoms with van der Waals surface area (Å²) in [6.45, 7) is 3.54. The number of benzene rings is 1. The fourth-order valence-corrected chi connectivity index (χ4v) is 2.88. The molecule has 1 unspecified atom stereocenters. The second-order valence-electron chi connectivity index (χ2n) is 5.06. The smallest absolute Gasteiger partial charge is 0.262 e. The molecule has 0 amide bonds. The first-order valence-electron chi connectivity index (χ1n) is 6.56. The fourth-order valence-electron chi connectivity index (χ4n) is 2.65. The highest BCUT2D eigenvalue weighted by Gasteiger charge is 2.18. The Kier molecular flexibility index (Phi) is 3.29. The molecule has 1 aromatic heterocycles. The second-order valence-corrected chi connectivity index (χ2v) is 5.40. The molecular formula is C14H16ClN3O. The third kappa shape index (κ3) is 2.26. The Balaban J connectivity index is 2.12. The highest BCUT2D eigenvalue weighted by molar-refractivity contribution is 6.28. The van der Waals surface area contributed by atoms with E-state index in [0.29, 0.717) is 23.5 Å². The molecule has 100 valence electrons.